The van der Waals surface area contributed by atoms with Crippen molar-refractivity contribution in [2.45, 2.75) is 31.2 Å². The molecule has 0 atom stereocenters. The Hall–Kier alpha value is -2.87. The molecule has 0 radical (unpaired) electrons. The van der Waals surface area contributed by atoms with Crippen LogP contribution in [0.1, 0.15) is 41.2 Å². The number of Topliss-reactive ketones (excluding diaryl/α,β-unsaturated/α-hetero) is 1. The van der Waals surface area contributed by atoms with Gasteiger partial charge in [-0.05, 0) is 43.7 Å². The minimum atomic E-state index is -0.304. The third-order valence-electron chi connectivity index (χ3n) is 4.17. The number of rotatable bonds is 8. The van der Waals surface area contributed by atoms with E-state index in [1.807, 2.05) is 13.0 Å². The number of nitrogens with two attached hydrogens (primary N) is 1. The molecule has 146 valence electrons. The van der Waals surface area contributed by atoms with Gasteiger partial charge < -0.3 is 10.6 Å². The third-order valence-corrected chi connectivity index (χ3v) is 5.16. The minimum Gasteiger partial charge on any atom is -0.494 e. The number of aromatic nitrogens is 3. The van der Waals surface area contributed by atoms with E-state index in [1.165, 1.54) is 29.4 Å². The molecule has 0 saturated heterocycles. The first-order valence-electron chi connectivity index (χ1n) is 8.81. The van der Waals surface area contributed by atoms with Gasteiger partial charge in [0, 0.05) is 23.3 Å². The van der Waals surface area contributed by atoms with Gasteiger partial charge in [0.25, 0.3) is 0 Å². The van der Waals surface area contributed by atoms with Crippen LogP contribution in [0.4, 0.5) is 4.39 Å². The van der Waals surface area contributed by atoms with Gasteiger partial charge in [0.05, 0.1) is 6.61 Å². The zero-order chi connectivity index (χ0) is 20.1. The second kappa shape index (κ2) is 8.88. The van der Waals surface area contributed by atoms with Crippen LogP contribution in [0.3, 0.4) is 0 Å². The summed E-state index contributed by atoms with van der Waals surface area (Å²) in [5.41, 5.74) is 2.00. The number of benzene rings is 2. The highest BCUT2D eigenvalue weighted by atomic mass is 32.2. The van der Waals surface area contributed by atoms with Crippen LogP contribution >= 0.6 is 11.8 Å². The highest BCUT2D eigenvalue weighted by molar-refractivity contribution is 7.98. The summed E-state index contributed by atoms with van der Waals surface area (Å²) in [5.74, 6) is 7.48. The average molecular weight is 400 g/mol. The quantitative estimate of drug-likeness (QED) is 0.353. The molecule has 3 rings (SSSR count). The molecule has 0 aliphatic rings. The van der Waals surface area contributed by atoms with Gasteiger partial charge in [-0.25, -0.2) is 9.07 Å². The van der Waals surface area contributed by atoms with Gasteiger partial charge in [0.1, 0.15) is 11.6 Å². The van der Waals surface area contributed by atoms with Crippen molar-refractivity contribution in [2.75, 3.05) is 12.4 Å². The second-order valence-electron chi connectivity index (χ2n) is 6.14. The fourth-order valence-electron chi connectivity index (χ4n) is 2.69. The molecule has 0 amide bonds. The summed E-state index contributed by atoms with van der Waals surface area (Å²) in [6.07, 6.45) is 0.251. The average Bonchev–Trinajstić information content (AvgIpc) is 3.02. The molecular formula is C20H21FN4O2S. The highest BCUT2D eigenvalue weighted by Crippen LogP contribution is 2.28. The van der Waals surface area contributed by atoms with Gasteiger partial charge in [-0.2, -0.15) is 0 Å². The van der Waals surface area contributed by atoms with E-state index >= 15 is 0 Å². The van der Waals surface area contributed by atoms with Crippen molar-refractivity contribution in [2.24, 2.45) is 0 Å². The summed E-state index contributed by atoms with van der Waals surface area (Å²) in [6.45, 7) is 3.95. The number of ketones is 1. The van der Waals surface area contributed by atoms with Gasteiger partial charge in [0.2, 0.25) is 5.16 Å². The summed E-state index contributed by atoms with van der Waals surface area (Å²) < 4.78 is 20.9. The molecule has 8 heteroatoms. The molecule has 0 aliphatic carbocycles. The minimum absolute atomic E-state index is 0.0107. The Bertz CT molecular complexity index is 990. The van der Waals surface area contributed by atoms with Crippen molar-refractivity contribution >= 4 is 17.5 Å². The maximum absolute atomic E-state index is 13.9. The fourth-order valence-corrected chi connectivity index (χ4v) is 3.54. The number of hydrogen-bond acceptors (Lipinski definition) is 6. The van der Waals surface area contributed by atoms with E-state index in [2.05, 4.69) is 10.2 Å². The Kier molecular flexibility index (Phi) is 6.30. The number of carbonyl (C=O) groups is 1. The van der Waals surface area contributed by atoms with E-state index < -0.39 is 0 Å². The molecule has 6 nitrogen and oxygen atoms in total. The number of ether oxygens (including phenoxy) is 1. The van der Waals surface area contributed by atoms with Crippen LogP contribution in [0.15, 0.2) is 47.6 Å². The van der Waals surface area contributed by atoms with E-state index in [1.54, 1.807) is 30.3 Å². The molecule has 2 aromatic carbocycles. The van der Waals surface area contributed by atoms with Crippen molar-refractivity contribution < 1.29 is 13.9 Å². The van der Waals surface area contributed by atoms with Gasteiger partial charge in [-0.1, -0.05) is 30.0 Å². The van der Waals surface area contributed by atoms with Crippen molar-refractivity contribution in [3.63, 3.8) is 0 Å². The van der Waals surface area contributed by atoms with Crippen molar-refractivity contribution in [3.8, 4) is 5.75 Å². The molecule has 2 N–H and O–H groups in total. The number of hydrogen-bond donors (Lipinski definition) is 1. The topological polar surface area (TPSA) is 83.0 Å². The number of halogens is 1. The lowest BCUT2D eigenvalue weighted by Gasteiger charge is -2.11. The molecule has 0 fully saturated rings. The van der Waals surface area contributed by atoms with Gasteiger partial charge in [0.15, 0.2) is 11.6 Å². The van der Waals surface area contributed by atoms with E-state index in [0.717, 1.165) is 11.3 Å². The Morgan fingerprint density at radius 3 is 2.71 bits per heavy atom. The molecule has 3 aromatic rings. The van der Waals surface area contributed by atoms with Gasteiger partial charge in [-0.3, -0.25) is 4.79 Å². The smallest absolute Gasteiger partial charge is 0.210 e. The molecule has 0 saturated carbocycles. The summed E-state index contributed by atoms with van der Waals surface area (Å²) in [7, 11) is 0. The van der Waals surface area contributed by atoms with Gasteiger partial charge in [-0.15, -0.1) is 10.2 Å². The molecule has 0 spiro atoms. The lowest BCUT2D eigenvalue weighted by Crippen LogP contribution is -2.14. The van der Waals surface area contributed by atoms with E-state index in [4.69, 9.17) is 10.6 Å². The lowest BCUT2D eigenvalue weighted by molar-refractivity contribution is 0.101. The lowest BCUT2D eigenvalue weighted by atomic mass is 10.1. The van der Waals surface area contributed by atoms with Crippen LogP contribution in [-0.4, -0.2) is 27.3 Å². The monoisotopic (exact) mass is 400 g/mol. The SMILES string of the molecule is CCOc1ccc(C(C)=O)cc1CSc1nnc(Cc2ccccc2F)n1N. The predicted molar refractivity (Wildman–Crippen MR) is 107 cm³/mol. The molecule has 0 aliphatic heterocycles. The first-order valence-corrected chi connectivity index (χ1v) is 9.80. The number of nitrogens with zero attached hydrogens (tertiary/aromatic N) is 3. The zero-order valence-corrected chi connectivity index (χ0v) is 16.5. The molecular weight excluding hydrogens is 379 g/mol. The first-order chi connectivity index (χ1) is 13.5. The number of thioether (sulfide) groups is 1. The number of nitrogen functional groups attached to an aromatic ring is 1. The Balaban J connectivity index is 1.77. The maximum Gasteiger partial charge on any atom is 0.210 e. The summed E-state index contributed by atoms with van der Waals surface area (Å²) in [5, 5.41) is 8.70. The standard InChI is InChI=1S/C20H21FN4O2S/c1-3-27-18-9-8-14(13(2)26)10-16(18)12-28-20-24-23-19(25(20)22)11-15-6-4-5-7-17(15)21/h4-10H,3,11-12,22H2,1-2H3. The molecule has 1 heterocycles. The van der Waals surface area contributed by atoms with Crippen molar-refractivity contribution in [1.82, 2.24) is 14.9 Å². The van der Waals surface area contributed by atoms with Gasteiger partial charge >= 0.3 is 0 Å². The fraction of sp³-hybridized carbons (Fsp3) is 0.250. The molecule has 28 heavy (non-hydrogen) atoms. The maximum atomic E-state index is 13.9. The van der Waals surface area contributed by atoms with E-state index in [9.17, 15) is 9.18 Å². The molecule has 0 unspecified atom stereocenters. The van der Waals surface area contributed by atoms with Crippen molar-refractivity contribution in [3.05, 3.63) is 70.8 Å². The molecule has 0 bridgehead atoms. The van der Waals surface area contributed by atoms with Crippen LogP contribution in [0, 0.1) is 5.82 Å². The Morgan fingerprint density at radius 2 is 2.00 bits per heavy atom. The summed E-state index contributed by atoms with van der Waals surface area (Å²) in [4.78, 5) is 11.7. The van der Waals surface area contributed by atoms with Crippen LogP contribution in [0.5, 0.6) is 5.75 Å². The zero-order valence-electron chi connectivity index (χ0n) is 15.7. The predicted octanol–water partition coefficient (Wildman–Crippen LogP) is 3.62. The largest absolute Gasteiger partial charge is 0.494 e. The highest BCUT2D eigenvalue weighted by Gasteiger charge is 2.15. The van der Waals surface area contributed by atoms with Crippen molar-refractivity contribution in [1.29, 1.82) is 0 Å². The first kappa shape index (κ1) is 19.9. The third kappa shape index (κ3) is 4.51. The molecule has 1 aromatic heterocycles. The Morgan fingerprint density at radius 1 is 1.21 bits per heavy atom. The van der Waals surface area contributed by atoms with E-state index in [-0.39, 0.29) is 18.0 Å². The van der Waals surface area contributed by atoms with Crippen LogP contribution in [0.25, 0.3) is 0 Å². The second-order valence-corrected chi connectivity index (χ2v) is 7.08. The Labute approximate surface area is 166 Å². The summed E-state index contributed by atoms with van der Waals surface area (Å²) in [6, 6.07) is 11.9. The normalized spacial score (nSPS) is 10.8. The summed E-state index contributed by atoms with van der Waals surface area (Å²) >= 11 is 1.38. The van der Waals surface area contributed by atoms with Crippen LogP contribution < -0.4 is 10.6 Å². The van der Waals surface area contributed by atoms with Crippen LogP contribution in [-0.2, 0) is 12.2 Å². The van der Waals surface area contributed by atoms with E-state index in [0.29, 0.717) is 34.5 Å². The van der Waals surface area contributed by atoms with Crippen LogP contribution in [0.2, 0.25) is 0 Å². The number of carbonyl (C=O) groups excluding carboxylic acids is 1.